The van der Waals surface area contributed by atoms with Gasteiger partial charge in [-0.2, -0.15) is 0 Å². The zero-order valence-corrected chi connectivity index (χ0v) is 27.1. The number of nitro benzene ring substituents is 2. The Kier molecular flexibility index (Phi) is 8.99. The van der Waals surface area contributed by atoms with E-state index in [4.69, 9.17) is 4.74 Å². The van der Waals surface area contributed by atoms with E-state index in [-0.39, 0.29) is 17.1 Å². The van der Waals surface area contributed by atoms with Gasteiger partial charge >= 0.3 is 5.97 Å². The number of benzene rings is 1. The summed E-state index contributed by atoms with van der Waals surface area (Å²) in [4.78, 5) is 34.2. The first-order valence-electron chi connectivity index (χ1n) is 16.9. The summed E-state index contributed by atoms with van der Waals surface area (Å²) in [5.74, 6) is 5.27. The first kappa shape index (κ1) is 31.9. The molecule has 0 N–H and O–H groups in total. The number of esters is 1. The predicted octanol–water partition coefficient (Wildman–Crippen LogP) is 9.40. The molecule has 8 nitrogen and oxygen atoms in total. The number of nitro groups is 2. The third-order valence-electron chi connectivity index (χ3n) is 13.4. The van der Waals surface area contributed by atoms with E-state index in [1.54, 1.807) is 0 Å². The van der Waals surface area contributed by atoms with Crippen LogP contribution in [-0.4, -0.2) is 21.9 Å². The van der Waals surface area contributed by atoms with E-state index >= 15 is 0 Å². The third-order valence-corrected chi connectivity index (χ3v) is 13.4. The molecule has 0 heterocycles. The van der Waals surface area contributed by atoms with Crippen LogP contribution in [0.25, 0.3) is 0 Å². The van der Waals surface area contributed by atoms with Gasteiger partial charge in [-0.25, -0.2) is 4.79 Å². The minimum absolute atomic E-state index is 0.131. The Labute approximate surface area is 257 Å². The molecule has 4 aliphatic carbocycles. The summed E-state index contributed by atoms with van der Waals surface area (Å²) in [7, 11) is 0. The summed E-state index contributed by atoms with van der Waals surface area (Å²) < 4.78 is 5.87. The number of carbonyl (C=O) groups is 1. The molecular weight excluding hydrogens is 544 g/mol. The number of non-ortho nitro benzene ring substituents is 2. The molecule has 4 fully saturated rings. The third kappa shape index (κ3) is 5.96. The van der Waals surface area contributed by atoms with E-state index in [9.17, 15) is 25.0 Å². The molecule has 0 amide bonds. The maximum atomic E-state index is 13.0. The fourth-order valence-electron chi connectivity index (χ4n) is 10.5. The molecule has 0 aromatic heterocycles. The van der Waals surface area contributed by atoms with Gasteiger partial charge in [0.1, 0.15) is 6.10 Å². The van der Waals surface area contributed by atoms with E-state index in [0.717, 1.165) is 85.3 Å². The van der Waals surface area contributed by atoms with Crippen LogP contribution in [0, 0.1) is 78.4 Å². The maximum absolute atomic E-state index is 13.0. The Morgan fingerprint density at radius 2 is 1.49 bits per heavy atom. The summed E-state index contributed by atoms with van der Waals surface area (Å²) in [6, 6.07) is 3.03. The van der Waals surface area contributed by atoms with Crippen molar-refractivity contribution in [3.63, 3.8) is 0 Å². The van der Waals surface area contributed by atoms with Crippen LogP contribution in [0.15, 0.2) is 18.2 Å². The number of ether oxygens (including phenoxy) is 1. The molecule has 0 aliphatic heterocycles. The second-order valence-electron chi connectivity index (χ2n) is 15.7. The van der Waals surface area contributed by atoms with Crippen LogP contribution in [0.5, 0.6) is 0 Å². The number of rotatable bonds is 9. The fraction of sp³-hybridized carbons (Fsp3) is 0.800. The standard InChI is InChI=1S/C35H52N2O6/c1-21(2)22(3)7-8-23(4)30-11-12-31-29-10-9-25-19-28(13-15-34(25,5)32(29)14-16-35(30,31)6)43-33(38)24-17-26(36(39)40)20-27(18-24)37(41)42/h17-18,20-23,25,28-32H,7-16,19H2,1-6H3/t22-,23+,25-,28+,29-,30-,31+,32-,34+,35-/m0/s1. The van der Waals surface area contributed by atoms with Crippen LogP contribution in [-0.2, 0) is 4.74 Å². The summed E-state index contributed by atoms with van der Waals surface area (Å²) in [6.07, 6.45) is 12.8. The van der Waals surface area contributed by atoms with Crippen LogP contribution < -0.4 is 0 Å². The Balaban J connectivity index is 1.23. The monoisotopic (exact) mass is 596 g/mol. The van der Waals surface area contributed by atoms with E-state index in [1.807, 2.05) is 0 Å². The van der Waals surface area contributed by atoms with Gasteiger partial charge in [0.2, 0.25) is 0 Å². The van der Waals surface area contributed by atoms with E-state index in [2.05, 4.69) is 41.5 Å². The van der Waals surface area contributed by atoms with Gasteiger partial charge in [-0.05, 0) is 116 Å². The van der Waals surface area contributed by atoms with Gasteiger partial charge in [0, 0.05) is 12.1 Å². The van der Waals surface area contributed by atoms with Gasteiger partial charge in [-0.1, -0.05) is 54.4 Å². The number of hydrogen-bond donors (Lipinski definition) is 0. The molecule has 1 aromatic rings. The van der Waals surface area contributed by atoms with Crippen LogP contribution in [0.1, 0.15) is 123 Å². The molecular formula is C35H52N2O6. The Hall–Kier alpha value is -2.51. The number of fused-ring (bicyclic) bond motifs is 5. The van der Waals surface area contributed by atoms with Crippen molar-refractivity contribution in [2.24, 2.45) is 58.2 Å². The summed E-state index contributed by atoms with van der Waals surface area (Å²) in [5.41, 5.74) is -0.387. The lowest BCUT2D eigenvalue weighted by Gasteiger charge is -2.61. The summed E-state index contributed by atoms with van der Waals surface area (Å²) in [6.45, 7) is 14.8. The van der Waals surface area contributed by atoms with Crippen molar-refractivity contribution in [1.82, 2.24) is 0 Å². The molecule has 238 valence electrons. The van der Waals surface area contributed by atoms with Crippen molar-refractivity contribution in [3.05, 3.63) is 44.0 Å². The van der Waals surface area contributed by atoms with Crippen molar-refractivity contribution >= 4 is 17.3 Å². The van der Waals surface area contributed by atoms with Gasteiger partial charge in [-0.3, -0.25) is 20.2 Å². The Morgan fingerprint density at radius 3 is 2.12 bits per heavy atom. The average molecular weight is 597 g/mol. The molecule has 43 heavy (non-hydrogen) atoms. The van der Waals surface area contributed by atoms with Crippen molar-refractivity contribution in [1.29, 1.82) is 0 Å². The van der Waals surface area contributed by atoms with Gasteiger partial charge in [-0.15, -0.1) is 0 Å². The molecule has 1 aromatic carbocycles. The molecule has 5 rings (SSSR count). The topological polar surface area (TPSA) is 113 Å². The average Bonchev–Trinajstić information content (AvgIpc) is 3.32. The fourth-order valence-corrected chi connectivity index (χ4v) is 10.5. The highest BCUT2D eigenvalue weighted by molar-refractivity contribution is 5.91. The van der Waals surface area contributed by atoms with Crippen LogP contribution in [0.2, 0.25) is 0 Å². The van der Waals surface area contributed by atoms with Gasteiger partial charge in [0.15, 0.2) is 0 Å². The lowest BCUT2D eigenvalue weighted by Crippen LogP contribution is -2.54. The van der Waals surface area contributed by atoms with E-state index < -0.39 is 27.2 Å². The molecule has 10 atom stereocenters. The molecule has 8 heteroatoms. The number of carbonyl (C=O) groups excluding carboxylic acids is 1. The number of hydrogen-bond acceptors (Lipinski definition) is 6. The molecule has 0 unspecified atom stereocenters. The first-order chi connectivity index (χ1) is 20.2. The van der Waals surface area contributed by atoms with Crippen molar-refractivity contribution in [3.8, 4) is 0 Å². The second kappa shape index (κ2) is 12.1. The highest BCUT2D eigenvalue weighted by Gasteiger charge is 2.60. The molecule has 4 aliphatic rings. The molecule has 0 spiro atoms. The van der Waals surface area contributed by atoms with Crippen molar-refractivity contribution in [2.75, 3.05) is 0 Å². The summed E-state index contributed by atoms with van der Waals surface area (Å²) >= 11 is 0. The van der Waals surface area contributed by atoms with Gasteiger partial charge < -0.3 is 4.74 Å². The van der Waals surface area contributed by atoms with Crippen LogP contribution in [0.3, 0.4) is 0 Å². The van der Waals surface area contributed by atoms with Crippen molar-refractivity contribution in [2.45, 2.75) is 118 Å². The molecule has 0 radical (unpaired) electrons. The smallest absolute Gasteiger partial charge is 0.338 e. The molecule has 0 saturated heterocycles. The SMILES string of the molecule is CC(C)[C@@H](C)CC[C@@H](C)[C@@H]1CC[C@@H]2[C@@H]3CC[C@H]4C[C@H](OC(=O)c5cc([N+](=O)[O-])cc([N+](=O)[O-])c5)CC[C@@]4(C)[C@H]3CC[C@]21C. The highest BCUT2D eigenvalue weighted by Crippen LogP contribution is 2.68. The lowest BCUT2D eigenvalue weighted by atomic mass is 9.44. The minimum Gasteiger partial charge on any atom is -0.459 e. The zero-order valence-electron chi connectivity index (χ0n) is 27.1. The van der Waals surface area contributed by atoms with E-state index in [1.165, 1.54) is 44.9 Å². The predicted molar refractivity (Wildman–Crippen MR) is 167 cm³/mol. The number of nitrogens with zero attached hydrogens (tertiary/aromatic N) is 2. The van der Waals surface area contributed by atoms with Crippen LogP contribution in [0.4, 0.5) is 11.4 Å². The van der Waals surface area contributed by atoms with E-state index in [0.29, 0.717) is 11.3 Å². The lowest BCUT2D eigenvalue weighted by molar-refractivity contribution is -0.394. The van der Waals surface area contributed by atoms with Crippen molar-refractivity contribution < 1.29 is 19.4 Å². The zero-order chi connectivity index (χ0) is 31.3. The van der Waals surface area contributed by atoms with Crippen LogP contribution >= 0.6 is 0 Å². The Morgan fingerprint density at radius 1 is 0.860 bits per heavy atom. The quantitative estimate of drug-likeness (QED) is 0.159. The van der Waals surface area contributed by atoms with Gasteiger partial charge in [0.05, 0.1) is 21.5 Å². The molecule has 4 saturated carbocycles. The Bertz CT molecular complexity index is 1200. The maximum Gasteiger partial charge on any atom is 0.338 e. The normalized spacial score (nSPS) is 36.6. The second-order valence-corrected chi connectivity index (χ2v) is 15.7. The summed E-state index contributed by atoms with van der Waals surface area (Å²) in [5, 5.41) is 22.6. The first-order valence-corrected chi connectivity index (χ1v) is 16.9. The highest BCUT2D eigenvalue weighted by atomic mass is 16.6. The van der Waals surface area contributed by atoms with Gasteiger partial charge in [0.25, 0.3) is 11.4 Å². The molecule has 0 bridgehead atoms. The minimum atomic E-state index is -0.718. The largest absolute Gasteiger partial charge is 0.459 e.